The van der Waals surface area contributed by atoms with Gasteiger partial charge in [-0.15, -0.1) is 10.2 Å². The number of aromatic nitrogens is 2. The van der Waals surface area contributed by atoms with Gasteiger partial charge >= 0.3 is 0 Å². The van der Waals surface area contributed by atoms with Crippen LogP contribution < -0.4 is 9.47 Å². The molecule has 136 valence electrons. The maximum absolute atomic E-state index is 5.75. The van der Waals surface area contributed by atoms with Gasteiger partial charge in [0, 0.05) is 6.04 Å². The van der Waals surface area contributed by atoms with E-state index in [9.17, 15) is 0 Å². The molecule has 2 aromatic heterocycles. The lowest BCUT2D eigenvalue weighted by Crippen LogP contribution is -2.23. The standard InChI is InChI=1S/C19H21N3O4/c1-23-15-8-7-13(11-17(15)24-2)14-5-3-9-22(14)12-18-20-21-19(26-18)16-6-4-10-25-16/h4,6-8,10-11,14H,3,5,9,12H2,1-2H3. The number of hydrogen-bond acceptors (Lipinski definition) is 7. The summed E-state index contributed by atoms with van der Waals surface area (Å²) in [6, 6.07) is 9.98. The van der Waals surface area contributed by atoms with Crippen LogP contribution >= 0.6 is 0 Å². The van der Waals surface area contributed by atoms with Crippen LogP contribution in [0.4, 0.5) is 0 Å². The topological polar surface area (TPSA) is 73.8 Å². The van der Waals surface area contributed by atoms with Gasteiger partial charge in [-0.25, -0.2) is 0 Å². The van der Waals surface area contributed by atoms with Gasteiger partial charge in [0.2, 0.25) is 5.89 Å². The molecule has 0 radical (unpaired) electrons. The van der Waals surface area contributed by atoms with Gasteiger partial charge in [-0.1, -0.05) is 6.07 Å². The van der Waals surface area contributed by atoms with Crippen LogP contribution in [0, 0.1) is 0 Å². The molecule has 3 aromatic rings. The Morgan fingerprint density at radius 1 is 1.15 bits per heavy atom. The molecule has 1 aliphatic heterocycles. The minimum atomic E-state index is 0.286. The second kappa shape index (κ2) is 7.21. The lowest BCUT2D eigenvalue weighted by Gasteiger charge is -2.24. The fourth-order valence-corrected chi connectivity index (χ4v) is 3.44. The molecular formula is C19H21N3O4. The highest BCUT2D eigenvalue weighted by Crippen LogP contribution is 2.37. The number of furan rings is 1. The van der Waals surface area contributed by atoms with Crippen LogP contribution in [0.3, 0.4) is 0 Å². The summed E-state index contributed by atoms with van der Waals surface area (Å²) in [6.45, 7) is 1.59. The number of rotatable bonds is 6. The number of benzene rings is 1. The van der Waals surface area contributed by atoms with Crippen LogP contribution in [0.5, 0.6) is 11.5 Å². The maximum atomic E-state index is 5.75. The Morgan fingerprint density at radius 2 is 2.04 bits per heavy atom. The van der Waals surface area contributed by atoms with Crippen LogP contribution in [0.1, 0.15) is 30.3 Å². The van der Waals surface area contributed by atoms with Crippen molar-refractivity contribution in [2.45, 2.75) is 25.4 Å². The molecule has 1 aliphatic rings. The SMILES string of the molecule is COc1ccc(C2CCCN2Cc2nnc(-c3ccco3)o2)cc1OC. The zero-order valence-electron chi connectivity index (χ0n) is 14.8. The Labute approximate surface area is 151 Å². The van der Waals surface area contributed by atoms with Crippen LogP contribution in [-0.2, 0) is 6.54 Å². The maximum Gasteiger partial charge on any atom is 0.283 e. The quantitative estimate of drug-likeness (QED) is 0.667. The Bertz CT molecular complexity index is 860. The molecule has 0 N–H and O–H groups in total. The molecule has 7 heteroatoms. The molecule has 0 saturated carbocycles. The molecule has 0 bridgehead atoms. The summed E-state index contributed by atoms with van der Waals surface area (Å²) in [5.74, 6) is 3.06. The molecular weight excluding hydrogens is 334 g/mol. The van der Waals surface area contributed by atoms with Gasteiger partial charge in [0.1, 0.15) is 0 Å². The fourth-order valence-electron chi connectivity index (χ4n) is 3.44. The molecule has 0 aliphatic carbocycles. The fraction of sp³-hybridized carbons (Fsp3) is 0.368. The van der Waals surface area contributed by atoms with Gasteiger partial charge in [0.25, 0.3) is 5.89 Å². The number of likely N-dealkylation sites (tertiary alicyclic amines) is 1. The second-order valence-corrected chi connectivity index (χ2v) is 6.22. The van der Waals surface area contributed by atoms with E-state index < -0.39 is 0 Å². The number of methoxy groups -OCH3 is 2. The predicted octanol–water partition coefficient (Wildman–Crippen LogP) is 3.68. The summed E-state index contributed by atoms with van der Waals surface area (Å²) in [7, 11) is 3.30. The van der Waals surface area contributed by atoms with E-state index in [1.54, 1.807) is 32.6 Å². The summed E-state index contributed by atoms with van der Waals surface area (Å²) >= 11 is 0. The van der Waals surface area contributed by atoms with E-state index in [1.165, 1.54) is 5.56 Å². The van der Waals surface area contributed by atoms with Crippen LogP contribution in [-0.4, -0.2) is 35.9 Å². The molecule has 0 spiro atoms. The summed E-state index contributed by atoms with van der Waals surface area (Å²) < 4.78 is 21.8. The van der Waals surface area contributed by atoms with E-state index >= 15 is 0 Å². The van der Waals surface area contributed by atoms with Gasteiger partial charge in [-0.3, -0.25) is 4.90 Å². The third-order valence-electron chi connectivity index (χ3n) is 4.69. The molecule has 1 fully saturated rings. The van der Waals surface area contributed by atoms with Crippen molar-refractivity contribution in [2.24, 2.45) is 0 Å². The van der Waals surface area contributed by atoms with Crippen LogP contribution in [0.25, 0.3) is 11.7 Å². The van der Waals surface area contributed by atoms with E-state index in [0.29, 0.717) is 24.1 Å². The normalized spacial score (nSPS) is 17.5. The average molecular weight is 355 g/mol. The van der Waals surface area contributed by atoms with Crippen molar-refractivity contribution in [1.82, 2.24) is 15.1 Å². The van der Waals surface area contributed by atoms with Crippen molar-refractivity contribution < 1.29 is 18.3 Å². The van der Waals surface area contributed by atoms with Gasteiger partial charge in [0.15, 0.2) is 17.3 Å². The van der Waals surface area contributed by atoms with E-state index in [1.807, 2.05) is 12.1 Å². The minimum absolute atomic E-state index is 0.286. The molecule has 1 atom stereocenters. The average Bonchev–Trinajstić information content (AvgIpc) is 3.42. The third kappa shape index (κ3) is 3.17. The summed E-state index contributed by atoms with van der Waals surface area (Å²) in [4.78, 5) is 2.35. The zero-order valence-corrected chi connectivity index (χ0v) is 14.8. The highest BCUT2D eigenvalue weighted by Gasteiger charge is 2.28. The first-order chi connectivity index (χ1) is 12.8. The van der Waals surface area contributed by atoms with Crippen LogP contribution in [0.15, 0.2) is 45.4 Å². The van der Waals surface area contributed by atoms with E-state index in [4.69, 9.17) is 18.3 Å². The molecule has 4 rings (SSSR count). The molecule has 1 unspecified atom stereocenters. The van der Waals surface area contributed by atoms with Crippen molar-refractivity contribution >= 4 is 0 Å². The van der Waals surface area contributed by atoms with E-state index in [-0.39, 0.29) is 6.04 Å². The Balaban J connectivity index is 1.52. The molecule has 1 saturated heterocycles. The number of ether oxygens (including phenoxy) is 2. The Morgan fingerprint density at radius 3 is 2.81 bits per heavy atom. The summed E-state index contributed by atoms with van der Waals surface area (Å²) in [5, 5.41) is 8.24. The Hall–Kier alpha value is -2.80. The molecule has 26 heavy (non-hydrogen) atoms. The van der Waals surface area contributed by atoms with Crippen LogP contribution in [0.2, 0.25) is 0 Å². The number of hydrogen-bond donors (Lipinski definition) is 0. The first-order valence-electron chi connectivity index (χ1n) is 8.60. The Kier molecular flexibility index (Phi) is 4.62. The molecule has 3 heterocycles. The monoisotopic (exact) mass is 355 g/mol. The minimum Gasteiger partial charge on any atom is -0.493 e. The predicted molar refractivity (Wildman–Crippen MR) is 93.9 cm³/mol. The zero-order chi connectivity index (χ0) is 17.9. The molecule has 0 amide bonds. The van der Waals surface area contributed by atoms with Gasteiger partial charge in [0.05, 0.1) is 27.0 Å². The van der Waals surface area contributed by atoms with E-state index in [2.05, 4.69) is 21.2 Å². The second-order valence-electron chi connectivity index (χ2n) is 6.22. The van der Waals surface area contributed by atoms with Crippen molar-refractivity contribution in [3.8, 4) is 23.1 Å². The smallest absolute Gasteiger partial charge is 0.283 e. The first kappa shape index (κ1) is 16.7. The lowest BCUT2D eigenvalue weighted by molar-refractivity contribution is 0.223. The van der Waals surface area contributed by atoms with Gasteiger partial charge in [-0.05, 0) is 49.2 Å². The highest BCUT2D eigenvalue weighted by molar-refractivity contribution is 5.44. The largest absolute Gasteiger partial charge is 0.493 e. The van der Waals surface area contributed by atoms with E-state index in [0.717, 1.165) is 30.9 Å². The third-order valence-corrected chi connectivity index (χ3v) is 4.69. The highest BCUT2D eigenvalue weighted by atomic mass is 16.5. The summed E-state index contributed by atoms with van der Waals surface area (Å²) in [6.07, 6.45) is 3.79. The van der Waals surface area contributed by atoms with Crippen molar-refractivity contribution in [3.05, 3.63) is 48.0 Å². The van der Waals surface area contributed by atoms with Gasteiger partial charge in [-0.2, -0.15) is 0 Å². The van der Waals surface area contributed by atoms with Crippen molar-refractivity contribution in [1.29, 1.82) is 0 Å². The lowest BCUT2D eigenvalue weighted by atomic mass is 10.0. The van der Waals surface area contributed by atoms with Crippen molar-refractivity contribution in [3.63, 3.8) is 0 Å². The number of nitrogens with zero attached hydrogens (tertiary/aromatic N) is 3. The van der Waals surface area contributed by atoms with Gasteiger partial charge < -0.3 is 18.3 Å². The molecule has 7 nitrogen and oxygen atoms in total. The summed E-state index contributed by atoms with van der Waals surface area (Å²) in [5.41, 5.74) is 1.20. The molecule has 1 aromatic carbocycles. The van der Waals surface area contributed by atoms with Crippen molar-refractivity contribution in [2.75, 3.05) is 20.8 Å². The first-order valence-corrected chi connectivity index (χ1v) is 8.60.